The second-order valence-corrected chi connectivity index (χ2v) is 17.2. The number of anilines is 2. The van der Waals surface area contributed by atoms with Crippen LogP contribution in [0.1, 0.15) is 80.8 Å². The van der Waals surface area contributed by atoms with Crippen LogP contribution >= 0.6 is 23.2 Å². The third kappa shape index (κ3) is 13.1. The van der Waals surface area contributed by atoms with Gasteiger partial charge in [0, 0.05) is 34.6 Å². The number of aryl methyl sites for hydroxylation is 2. The van der Waals surface area contributed by atoms with Crippen molar-refractivity contribution in [3.05, 3.63) is 117 Å². The molecule has 2 unspecified atom stereocenters. The monoisotopic (exact) mass is 916 g/mol. The number of carbonyl (C=O) groups excluding carboxylic acids is 2. The van der Waals surface area contributed by atoms with Crippen LogP contribution in [-0.2, 0) is 46.2 Å². The molecule has 4 N–H and O–H groups in total. The van der Waals surface area contributed by atoms with Gasteiger partial charge in [0.05, 0.1) is 45.8 Å². The van der Waals surface area contributed by atoms with Gasteiger partial charge in [-0.05, 0) is 110 Å². The van der Waals surface area contributed by atoms with Gasteiger partial charge in [-0.2, -0.15) is 16.8 Å². The maximum Gasteiger partial charge on any atom is 1.00 e. The summed E-state index contributed by atoms with van der Waals surface area (Å²) in [5.41, 5.74) is 3.78. The van der Waals surface area contributed by atoms with Crippen LogP contribution in [0.4, 0.5) is 11.4 Å². The quantitative estimate of drug-likeness (QED) is 0.0268. The number of hydrogen-bond acceptors (Lipinski definition) is 12. The van der Waals surface area contributed by atoms with E-state index in [1.807, 2.05) is 13.8 Å². The molecular weight excluding hydrogens is 877 g/mol. The minimum atomic E-state index is -4.52. The Hall–Kier alpha value is -2.84. The maximum atomic E-state index is 14.1. The number of carbonyl (C=O) groups is 2. The van der Waals surface area contributed by atoms with E-state index in [0.717, 1.165) is 0 Å². The summed E-state index contributed by atoms with van der Waals surface area (Å²) < 4.78 is 67.0. The molecule has 2 atom stereocenters. The van der Waals surface area contributed by atoms with E-state index in [-0.39, 0.29) is 140 Å². The largest absolute Gasteiger partial charge is 1.00 e. The number of ketones is 2. The number of hydrogen-bond donors (Lipinski definition) is 4. The molecule has 0 amide bonds. The number of halogens is 2. The summed E-state index contributed by atoms with van der Waals surface area (Å²) >= 11 is 11.2. The molecule has 308 valence electrons. The van der Waals surface area contributed by atoms with Gasteiger partial charge in [-0.1, -0.05) is 36.4 Å². The summed E-state index contributed by atoms with van der Waals surface area (Å²) in [5, 5.41) is 30.2. The molecule has 0 saturated carbocycles. The van der Waals surface area contributed by atoms with Crippen LogP contribution in [0.25, 0.3) is 0 Å². The molecule has 1 aliphatic carbocycles. The van der Waals surface area contributed by atoms with Crippen molar-refractivity contribution in [1.29, 1.82) is 0 Å². The van der Waals surface area contributed by atoms with Crippen LogP contribution in [-0.4, -0.2) is 73.1 Å². The Morgan fingerprint density at radius 3 is 1.33 bits per heavy atom. The molecule has 0 radical (unpaired) electrons. The molecule has 4 aromatic rings. The van der Waals surface area contributed by atoms with Gasteiger partial charge in [0.15, 0.2) is 11.6 Å². The molecule has 5 rings (SSSR count). The van der Waals surface area contributed by atoms with Crippen LogP contribution in [0, 0.1) is 0 Å². The van der Waals surface area contributed by atoms with Gasteiger partial charge in [-0.25, -0.2) is 0 Å². The molecule has 20 heteroatoms. The van der Waals surface area contributed by atoms with Crippen LogP contribution in [0.3, 0.4) is 0 Å². The predicted molar refractivity (Wildman–Crippen MR) is 219 cm³/mol. The van der Waals surface area contributed by atoms with E-state index in [9.17, 15) is 45.7 Å². The van der Waals surface area contributed by atoms with Gasteiger partial charge >= 0.3 is 59.1 Å². The first-order chi connectivity index (χ1) is 27.4. The van der Waals surface area contributed by atoms with Crippen molar-refractivity contribution in [2.45, 2.75) is 74.5 Å². The fourth-order valence-electron chi connectivity index (χ4n) is 6.61. The summed E-state index contributed by atoms with van der Waals surface area (Å²) in [6.45, 7) is 3.60. The second kappa shape index (κ2) is 22.5. The Kier molecular flexibility index (Phi) is 19.3. The van der Waals surface area contributed by atoms with E-state index in [4.69, 9.17) is 23.2 Å². The Balaban J connectivity index is 0.00000480. The van der Waals surface area contributed by atoms with Crippen LogP contribution < -0.4 is 80.0 Å². The molecule has 60 heavy (non-hydrogen) atoms. The van der Waals surface area contributed by atoms with Crippen LogP contribution in [0.15, 0.2) is 92.6 Å². The molecule has 0 heterocycles. The molecule has 1 aliphatic rings. The van der Waals surface area contributed by atoms with E-state index in [1.54, 1.807) is 36.4 Å². The third-order valence-corrected chi connectivity index (χ3v) is 11.8. The van der Waals surface area contributed by atoms with Crippen molar-refractivity contribution < 1.29 is 105 Å². The van der Waals surface area contributed by atoms with E-state index in [2.05, 4.69) is 20.6 Å². The van der Waals surface area contributed by atoms with Gasteiger partial charge in [0.1, 0.15) is 0 Å². The van der Waals surface area contributed by atoms with Gasteiger partial charge in [-0.15, -0.1) is 23.2 Å². The molecule has 0 saturated heterocycles. The third-order valence-electron chi connectivity index (χ3n) is 9.60. The molecule has 4 aromatic carbocycles. The van der Waals surface area contributed by atoms with E-state index >= 15 is 0 Å². The minimum absolute atomic E-state index is 0. The molecule has 14 nitrogen and oxygen atoms in total. The normalized spacial score (nSPS) is 14.0. The van der Waals surface area contributed by atoms with E-state index in [0.29, 0.717) is 59.3 Å². The van der Waals surface area contributed by atoms with Crippen LogP contribution in [0.2, 0.25) is 0 Å². The molecular formula is C40H40Cl2N4Na2O10S2. The summed E-state index contributed by atoms with van der Waals surface area (Å²) in [6.07, 6.45) is 1.37. The Morgan fingerprint density at radius 2 is 1.00 bits per heavy atom. The van der Waals surface area contributed by atoms with Crippen molar-refractivity contribution in [1.82, 2.24) is 0 Å². The zero-order chi connectivity index (χ0) is 42.4. The first kappa shape index (κ1) is 51.5. The van der Waals surface area contributed by atoms with Gasteiger partial charge in [0.25, 0.3) is 20.2 Å². The predicted octanol–water partition coefficient (Wildman–Crippen LogP) is -1.17. The zero-order valence-electron chi connectivity index (χ0n) is 33.4. The average Bonchev–Trinajstić information content (AvgIpc) is 3.19. The molecule has 0 aliphatic heterocycles. The van der Waals surface area contributed by atoms with Crippen molar-refractivity contribution >= 4 is 78.2 Å². The van der Waals surface area contributed by atoms with Gasteiger partial charge in [0.2, 0.25) is 0 Å². The Morgan fingerprint density at radius 1 is 0.633 bits per heavy atom. The van der Waals surface area contributed by atoms with Crippen LogP contribution in [0.5, 0.6) is 0 Å². The van der Waals surface area contributed by atoms with Crippen molar-refractivity contribution in [2.75, 3.05) is 22.4 Å². The van der Waals surface area contributed by atoms with Gasteiger partial charge < -0.3 is 20.8 Å². The zero-order valence-corrected chi connectivity index (χ0v) is 40.5. The fraction of sp³-hybridized carbons (Fsp3) is 0.300. The summed E-state index contributed by atoms with van der Waals surface area (Å²) in [5.74, 6) is -2.44. The molecule has 0 fully saturated rings. The standard InChI is InChI=1S/C40H42Cl2N4O10S2.2Na/c1-23(7-9-25-17-29(57(51,52)53)13-11-27(25)21-43-35(47)19-41)45-33-15-16-34(38-37(33)39(49)31-5-3-4-6-32(31)40(38)50)46-24(2)8-10-26-18-30(58(54,55)56)14-12-28(26)22-44-36(48)20-42;;/h3-6,11-18,23-24,45-46H,7-10,19-22H2,1-2H3,(H,43,47)(H,44,48)(H,51,52,53)(H,54,55,56);;/q;2*+1/p-2. The first-order valence-corrected chi connectivity index (χ1v) is 22.0. The molecule has 0 aromatic heterocycles. The first-order valence-electron chi connectivity index (χ1n) is 18.0. The number of rotatable bonds is 18. The SMILES string of the molecule is CC(CCc1cc(S(=O)(=O)O)ccc1CN=C([O-])CCl)Nc1ccc(NC(C)CCc2cc(S(=O)(=O)O)ccc2CN=C([O-])CCl)c2c1C(=O)c1ccccc1C2=O.[Na+].[Na+]. The Bertz CT molecular complexity index is 2350. The topological polar surface area (TPSA) is 238 Å². The fourth-order valence-corrected chi connectivity index (χ4v) is 7.84. The molecule has 0 bridgehead atoms. The summed E-state index contributed by atoms with van der Waals surface area (Å²) in [6, 6.07) is 17.3. The van der Waals surface area contributed by atoms with Gasteiger partial charge in [-0.3, -0.25) is 28.7 Å². The van der Waals surface area contributed by atoms with E-state index < -0.39 is 32.0 Å². The number of nitrogens with zero attached hydrogens (tertiary/aromatic N) is 2. The summed E-state index contributed by atoms with van der Waals surface area (Å²) in [7, 11) is -9.03. The number of nitrogens with one attached hydrogen (secondary N) is 2. The average molecular weight is 918 g/mol. The Labute approximate surface area is 403 Å². The second-order valence-electron chi connectivity index (χ2n) is 13.8. The van der Waals surface area contributed by atoms with E-state index in [1.165, 1.54) is 36.4 Å². The number of alkyl halides is 2. The van der Waals surface area contributed by atoms with Crippen molar-refractivity contribution in [2.24, 2.45) is 9.98 Å². The molecule has 0 spiro atoms. The van der Waals surface area contributed by atoms with Crippen molar-refractivity contribution in [3.63, 3.8) is 0 Å². The number of benzene rings is 4. The minimum Gasteiger partial charge on any atom is -0.861 e. The van der Waals surface area contributed by atoms with Crippen molar-refractivity contribution in [3.8, 4) is 0 Å². The smallest absolute Gasteiger partial charge is 0.861 e. The maximum absolute atomic E-state index is 14.1. The summed E-state index contributed by atoms with van der Waals surface area (Å²) in [4.78, 5) is 35.5. The number of aliphatic imine (C=N–C) groups is 2. The number of fused-ring (bicyclic) bond motifs is 2.